The zero-order valence-electron chi connectivity index (χ0n) is 14.9. The Morgan fingerprint density at radius 2 is 1.85 bits per heavy atom. The molecule has 0 radical (unpaired) electrons. The number of rotatable bonds is 8. The Morgan fingerprint density at radius 3 is 2.63 bits per heavy atom. The van der Waals surface area contributed by atoms with Gasteiger partial charge in [-0.05, 0) is 61.0 Å². The summed E-state index contributed by atoms with van der Waals surface area (Å²) in [6.45, 7) is 2.85. The fourth-order valence-corrected chi connectivity index (χ4v) is 2.39. The highest BCUT2D eigenvalue weighted by molar-refractivity contribution is 5.91. The second-order valence-electron chi connectivity index (χ2n) is 5.93. The number of furan rings is 1. The highest BCUT2D eigenvalue weighted by atomic mass is 19.1. The average Bonchev–Trinajstić information content (AvgIpc) is 3.14. The van der Waals surface area contributed by atoms with Crippen LogP contribution < -0.4 is 14.8 Å². The van der Waals surface area contributed by atoms with Gasteiger partial charge in [0.05, 0.1) is 6.54 Å². The molecule has 0 aliphatic carbocycles. The number of hydrogen-bond acceptors (Lipinski definition) is 4. The molecule has 5 nitrogen and oxygen atoms in total. The van der Waals surface area contributed by atoms with Crippen molar-refractivity contribution >= 4 is 5.91 Å². The Morgan fingerprint density at radius 1 is 1.04 bits per heavy atom. The van der Waals surface area contributed by atoms with Gasteiger partial charge in [-0.1, -0.05) is 12.1 Å². The average molecular weight is 369 g/mol. The Labute approximate surface area is 156 Å². The summed E-state index contributed by atoms with van der Waals surface area (Å²) in [4.78, 5) is 12.1. The van der Waals surface area contributed by atoms with Crippen LogP contribution in [0.4, 0.5) is 4.39 Å². The summed E-state index contributed by atoms with van der Waals surface area (Å²) in [6, 6.07) is 16.6. The second kappa shape index (κ2) is 8.89. The SMILES string of the molecule is Cc1cccc(OCCNC(=O)c2ccc(COc3ccc(F)cc3)o2)c1. The molecule has 6 heteroatoms. The lowest BCUT2D eigenvalue weighted by Gasteiger charge is -2.07. The van der Waals surface area contributed by atoms with E-state index in [-0.39, 0.29) is 24.1 Å². The number of nitrogens with one attached hydrogen (secondary N) is 1. The van der Waals surface area contributed by atoms with Gasteiger partial charge in [-0.3, -0.25) is 4.79 Å². The molecule has 0 aliphatic heterocycles. The lowest BCUT2D eigenvalue weighted by molar-refractivity contribution is 0.0915. The molecule has 1 heterocycles. The van der Waals surface area contributed by atoms with Crippen molar-refractivity contribution in [3.8, 4) is 11.5 Å². The van der Waals surface area contributed by atoms with E-state index in [9.17, 15) is 9.18 Å². The molecule has 0 aliphatic rings. The fourth-order valence-electron chi connectivity index (χ4n) is 2.39. The van der Waals surface area contributed by atoms with Crippen LogP contribution in [0.3, 0.4) is 0 Å². The first-order valence-electron chi connectivity index (χ1n) is 8.55. The minimum atomic E-state index is -0.328. The number of aryl methyl sites for hydroxylation is 1. The summed E-state index contributed by atoms with van der Waals surface area (Å²) in [5, 5.41) is 2.74. The Kier molecular flexibility index (Phi) is 6.10. The van der Waals surface area contributed by atoms with Crippen LogP contribution in [-0.2, 0) is 6.61 Å². The topological polar surface area (TPSA) is 60.7 Å². The highest BCUT2D eigenvalue weighted by Gasteiger charge is 2.11. The van der Waals surface area contributed by atoms with Gasteiger partial charge in [0.25, 0.3) is 5.91 Å². The van der Waals surface area contributed by atoms with Crippen molar-refractivity contribution in [2.75, 3.05) is 13.2 Å². The number of benzene rings is 2. The molecule has 0 saturated carbocycles. The molecule has 0 atom stereocenters. The molecule has 0 spiro atoms. The van der Waals surface area contributed by atoms with Crippen LogP contribution in [-0.4, -0.2) is 19.1 Å². The second-order valence-corrected chi connectivity index (χ2v) is 5.93. The molecular weight excluding hydrogens is 349 g/mol. The third kappa shape index (κ3) is 5.60. The maximum atomic E-state index is 12.9. The summed E-state index contributed by atoms with van der Waals surface area (Å²) in [6.07, 6.45) is 0. The van der Waals surface area contributed by atoms with E-state index >= 15 is 0 Å². The van der Waals surface area contributed by atoms with Crippen molar-refractivity contribution in [3.63, 3.8) is 0 Å². The van der Waals surface area contributed by atoms with Crippen molar-refractivity contribution in [1.82, 2.24) is 5.32 Å². The third-order valence-corrected chi connectivity index (χ3v) is 3.73. The van der Waals surface area contributed by atoms with Crippen molar-refractivity contribution in [1.29, 1.82) is 0 Å². The zero-order chi connectivity index (χ0) is 19.1. The number of carbonyl (C=O) groups is 1. The van der Waals surface area contributed by atoms with E-state index in [2.05, 4.69) is 5.32 Å². The van der Waals surface area contributed by atoms with E-state index in [1.165, 1.54) is 24.3 Å². The highest BCUT2D eigenvalue weighted by Crippen LogP contribution is 2.15. The molecule has 140 valence electrons. The van der Waals surface area contributed by atoms with E-state index in [0.29, 0.717) is 24.7 Å². The van der Waals surface area contributed by atoms with Crippen LogP contribution >= 0.6 is 0 Å². The summed E-state index contributed by atoms with van der Waals surface area (Å²) in [5.74, 6) is 1.33. The largest absolute Gasteiger partial charge is 0.492 e. The first-order valence-corrected chi connectivity index (χ1v) is 8.55. The number of hydrogen-bond donors (Lipinski definition) is 1. The quantitative estimate of drug-likeness (QED) is 0.607. The molecular formula is C21H20FNO4. The molecule has 1 aromatic heterocycles. The molecule has 3 rings (SSSR count). The smallest absolute Gasteiger partial charge is 0.287 e. The predicted molar refractivity (Wildman–Crippen MR) is 98.4 cm³/mol. The molecule has 1 amide bonds. The van der Waals surface area contributed by atoms with Crippen molar-refractivity contribution in [2.24, 2.45) is 0 Å². The van der Waals surface area contributed by atoms with E-state index in [4.69, 9.17) is 13.9 Å². The summed E-state index contributed by atoms with van der Waals surface area (Å²) in [7, 11) is 0. The molecule has 0 fully saturated rings. The minimum absolute atomic E-state index is 0.148. The number of carbonyl (C=O) groups excluding carboxylic acids is 1. The standard InChI is InChI=1S/C21H20FNO4/c1-15-3-2-4-18(13-15)25-12-11-23-21(24)20-10-9-19(27-20)14-26-17-7-5-16(22)6-8-17/h2-10,13H,11-12,14H2,1H3,(H,23,24). The van der Waals surface area contributed by atoms with Gasteiger partial charge in [-0.2, -0.15) is 0 Å². The number of ether oxygens (including phenoxy) is 2. The van der Waals surface area contributed by atoms with Gasteiger partial charge in [0.2, 0.25) is 0 Å². The summed E-state index contributed by atoms with van der Waals surface area (Å²) in [5.41, 5.74) is 1.11. The maximum Gasteiger partial charge on any atom is 0.287 e. The zero-order valence-corrected chi connectivity index (χ0v) is 14.9. The molecule has 0 bridgehead atoms. The van der Waals surface area contributed by atoms with Gasteiger partial charge in [0.1, 0.15) is 36.3 Å². The lowest BCUT2D eigenvalue weighted by atomic mass is 10.2. The first-order chi connectivity index (χ1) is 13.1. The Bertz CT molecular complexity index is 889. The van der Waals surface area contributed by atoms with Gasteiger partial charge in [0, 0.05) is 0 Å². The molecule has 27 heavy (non-hydrogen) atoms. The van der Waals surface area contributed by atoms with Gasteiger partial charge >= 0.3 is 0 Å². The van der Waals surface area contributed by atoms with Gasteiger partial charge in [-0.25, -0.2) is 4.39 Å². The monoisotopic (exact) mass is 369 g/mol. The maximum absolute atomic E-state index is 12.9. The van der Waals surface area contributed by atoms with Crippen LogP contribution in [0.5, 0.6) is 11.5 Å². The normalized spacial score (nSPS) is 10.4. The van der Waals surface area contributed by atoms with Gasteiger partial charge in [-0.15, -0.1) is 0 Å². The molecule has 1 N–H and O–H groups in total. The Balaban J connectivity index is 1.42. The first kappa shape index (κ1) is 18.5. The van der Waals surface area contributed by atoms with E-state index < -0.39 is 0 Å². The van der Waals surface area contributed by atoms with E-state index in [0.717, 1.165) is 11.3 Å². The summed E-state index contributed by atoms with van der Waals surface area (Å²) >= 11 is 0. The predicted octanol–water partition coefficient (Wildman–Crippen LogP) is 4.11. The minimum Gasteiger partial charge on any atom is -0.492 e. The van der Waals surface area contributed by atoms with Crippen molar-refractivity contribution < 1.29 is 23.1 Å². The van der Waals surface area contributed by atoms with Crippen LogP contribution in [0.25, 0.3) is 0 Å². The number of amides is 1. The van der Waals surface area contributed by atoms with Gasteiger partial charge < -0.3 is 19.2 Å². The molecule has 0 unspecified atom stereocenters. The molecule has 3 aromatic rings. The lowest BCUT2D eigenvalue weighted by Crippen LogP contribution is -2.27. The number of halogens is 1. The molecule has 2 aromatic carbocycles. The van der Waals surface area contributed by atoms with Crippen LogP contribution in [0.2, 0.25) is 0 Å². The van der Waals surface area contributed by atoms with Crippen molar-refractivity contribution in [3.05, 3.63) is 83.6 Å². The molecule has 0 saturated heterocycles. The van der Waals surface area contributed by atoms with Crippen LogP contribution in [0, 0.1) is 12.7 Å². The summed E-state index contributed by atoms with van der Waals surface area (Å²) < 4.78 is 29.4. The van der Waals surface area contributed by atoms with Crippen LogP contribution in [0.1, 0.15) is 21.9 Å². The van der Waals surface area contributed by atoms with Crippen LogP contribution in [0.15, 0.2) is 65.1 Å². The fraction of sp³-hybridized carbons (Fsp3) is 0.190. The third-order valence-electron chi connectivity index (χ3n) is 3.73. The Hall–Kier alpha value is -3.28. The van der Waals surface area contributed by atoms with Gasteiger partial charge in [0.15, 0.2) is 5.76 Å². The van der Waals surface area contributed by atoms with E-state index in [1.807, 2.05) is 31.2 Å². The van der Waals surface area contributed by atoms with E-state index in [1.54, 1.807) is 12.1 Å². The van der Waals surface area contributed by atoms with Crippen molar-refractivity contribution in [2.45, 2.75) is 13.5 Å².